The number of aliphatic hydroxyl groups is 2. The van der Waals surface area contributed by atoms with E-state index in [9.17, 15) is 19.8 Å². The molecule has 0 aliphatic rings. The first kappa shape index (κ1) is 75.6. The van der Waals surface area contributed by atoms with Crippen molar-refractivity contribution in [3.05, 3.63) is 12.2 Å². The predicted molar refractivity (Wildman–Crippen MR) is 338 cm³/mol. The van der Waals surface area contributed by atoms with Gasteiger partial charge in [0.2, 0.25) is 5.91 Å². The lowest BCUT2D eigenvalue weighted by Crippen LogP contribution is -2.45. The highest BCUT2D eigenvalue weighted by atomic mass is 16.5. The van der Waals surface area contributed by atoms with Crippen molar-refractivity contribution < 1.29 is 24.5 Å². The first-order valence-corrected chi connectivity index (χ1v) is 35.4. The Hall–Kier alpha value is -1.40. The Bertz CT molecular complexity index is 1160. The van der Waals surface area contributed by atoms with Crippen molar-refractivity contribution in [3.63, 3.8) is 0 Å². The molecule has 0 aromatic rings. The molecular weight excluding hydrogens is 947 g/mol. The van der Waals surface area contributed by atoms with Gasteiger partial charge in [0.25, 0.3) is 0 Å². The number of nitrogens with one attached hydrogen (secondary N) is 1. The highest BCUT2D eigenvalue weighted by Crippen LogP contribution is 2.19. The quantitative estimate of drug-likeness (QED) is 0.0320. The highest BCUT2D eigenvalue weighted by molar-refractivity contribution is 5.76. The summed E-state index contributed by atoms with van der Waals surface area (Å²) in [5, 5.41) is 23.4. The van der Waals surface area contributed by atoms with E-state index in [2.05, 4.69) is 31.3 Å². The molecule has 0 fully saturated rings. The molecule has 0 aromatic heterocycles. The van der Waals surface area contributed by atoms with Crippen LogP contribution in [0.3, 0.4) is 0 Å². The maximum absolute atomic E-state index is 12.5. The number of aliphatic hydroxyl groups excluding tert-OH is 2. The van der Waals surface area contributed by atoms with Crippen LogP contribution in [-0.2, 0) is 14.3 Å². The fourth-order valence-corrected chi connectivity index (χ4v) is 11.4. The van der Waals surface area contributed by atoms with Crippen LogP contribution in [0.5, 0.6) is 0 Å². The summed E-state index contributed by atoms with van der Waals surface area (Å²) in [6, 6.07) is -0.539. The summed E-state index contributed by atoms with van der Waals surface area (Å²) in [4.78, 5) is 24.6. The van der Waals surface area contributed by atoms with Crippen molar-refractivity contribution in [2.45, 2.75) is 418 Å². The lowest BCUT2D eigenvalue weighted by atomic mass is 10.0. The van der Waals surface area contributed by atoms with E-state index in [-0.39, 0.29) is 18.5 Å². The van der Waals surface area contributed by atoms with Gasteiger partial charge in [0, 0.05) is 12.8 Å². The summed E-state index contributed by atoms with van der Waals surface area (Å²) in [6.45, 7) is 4.99. The second-order valence-corrected chi connectivity index (χ2v) is 24.6. The number of carbonyl (C=O) groups excluding carboxylic acids is 2. The molecule has 1 amide bonds. The normalized spacial score (nSPS) is 12.5. The molecule has 77 heavy (non-hydrogen) atoms. The summed E-state index contributed by atoms with van der Waals surface area (Å²) in [5.74, 6) is -0.0128. The molecule has 0 aliphatic carbocycles. The summed E-state index contributed by atoms with van der Waals surface area (Å²) in [7, 11) is 0. The fourth-order valence-electron chi connectivity index (χ4n) is 11.4. The molecule has 3 N–H and O–H groups in total. The lowest BCUT2D eigenvalue weighted by Gasteiger charge is -2.22. The van der Waals surface area contributed by atoms with Crippen LogP contribution in [-0.4, -0.2) is 47.4 Å². The molecule has 0 bridgehead atoms. The third-order valence-corrected chi connectivity index (χ3v) is 16.8. The van der Waals surface area contributed by atoms with E-state index in [0.29, 0.717) is 25.9 Å². The summed E-state index contributed by atoms with van der Waals surface area (Å²) in [6.07, 6.45) is 82.6. The van der Waals surface area contributed by atoms with Crippen LogP contribution in [0.1, 0.15) is 406 Å². The van der Waals surface area contributed by atoms with E-state index < -0.39 is 12.1 Å². The van der Waals surface area contributed by atoms with Crippen molar-refractivity contribution in [3.8, 4) is 0 Å². The van der Waals surface area contributed by atoms with Gasteiger partial charge in [0.05, 0.1) is 25.4 Å². The zero-order valence-corrected chi connectivity index (χ0v) is 52.5. The Morgan fingerprint density at radius 3 is 0.922 bits per heavy atom. The molecule has 2 unspecified atom stereocenters. The van der Waals surface area contributed by atoms with E-state index in [0.717, 1.165) is 44.9 Å². The largest absolute Gasteiger partial charge is 0.466 e. The summed E-state index contributed by atoms with van der Waals surface area (Å²) in [5.41, 5.74) is 0. The second kappa shape index (κ2) is 67.1. The Balaban J connectivity index is 3.33. The molecule has 0 aliphatic heterocycles. The number of ether oxygens (including phenoxy) is 1. The molecule has 0 saturated carbocycles. The Morgan fingerprint density at radius 2 is 0.610 bits per heavy atom. The number of unbranched alkanes of at least 4 members (excludes halogenated alkanes) is 54. The van der Waals surface area contributed by atoms with Crippen LogP contribution in [0.2, 0.25) is 0 Å². The minimum absolute atomic E-state index is 0.0158. The molecule has 0 aromatic carbocycles. The first-order chi connectivity index (χ1) is 38.0. The number of hydrogen-bond acceptors (Lipinski definition) is 5. The average molecular weight is 1090 g/mol. The van der Waals surface area contributed by atoms with Crippen molar-refractivity contribution in [2.75, 3.05) is 13.2 Å². The van der Waals surface area contributed by atoms with Gasteiger partial charge in [-0.05, 0) is 51.4 Å². The maximum atomic E-state index is 12.5. The van der Waals surface area contributed by atoms with Gasteiger partial charge in [-0.15, -0.1) is 0 Å². The van der Waals surface area contributed by atoms with Crippen molar-refractivity contribution in [1.82, 2.24) is 5.32 Å². The Morgan fingerprint density at radius 1 is 0.351 bits per heavy atom. The second-order valence-electron chi connectivity index (χ2n) is 24.6. The van der Waals surface area contributed by atoms with Crippen LogP contribution >= 0.6 is 0 Å². The van der Waals surface area contributed by atoms with Crippen molar-refractivity contribution in [1.29, 1.82) is 0 Å². The molecule has 6 heteroatoms. The highest BCUT2D eigenvalue weighted by Gasteiger charge is 2.20. The summed E-state index contributed by atoms with van der Waals surface area (Å²) < 4.78 is 5.50. The van der Waals surface area contributed by atoms with Crippen LogP contribution in [0, 0.1) is 0 Å². The molecule has 0 rings (SSSR count). The number of rotatable bonds is 67. The minimum Gasteiger partial charge on any atom is -0.466 e. The Kier molecular flexibility index (Phi) is 65.9. The van der Waals surface area contributed by atoms with Gasteiger partial charge in [-0.2, -0.15) is 0 Å². The molecule has 0 heterocycles. The van der Waals surface area contributed by atoms with E-state index in [4.69, 9.17) is 4.74 Å². The fraction of sp³-hybridized carbons (Fsp3) is 0.944. The zero-order chi connectivity index (χ0) is 55.7. The SMILES string of the molecule is CCCCCCCC/C=C\CCCCCCCCCC(=O)OCCCCCCCCCCCCCCCCCCCCCCCCCCCCCC(=O)NC(CO)C(O)CCCCCCCCCCCCCCCCCC. The topological polar surface area (TPSA) is 95.9 Å². The van der Waals surface area contributed by atoms with Gasteiger partial charge >= 0.3 is 5.97 Å². The van der Waals surface area contributed by atoms with E-state index in [1.165, 1.54) is 327 Å². The van der Waals surface area contributed by atoms with Gasteiger partial charge < -0.3 is 20.3 Å². The monoisotopic (exact) mass is 1090 g/mol. The van der Waals surface area contributed by atoms with Crippen molar-refractivity contribution in [2.24, 2.45) is 0 Å². The molecule has 0 radical (unpaired) electrons. The smallest absolute Gasteiger partial charge is 0.305 e. The van der Waals surface area contributed by atoms with Gasteiger partial charge in [0.15, 0.2) is 0 Å². The van der Waals surface area contributed by atoms with Crippen molar-refractivity contribution >= 4 is 11.9 Å². The predicted octanol–water partition coefficient (Wildman–Crippen LogP) is 22.8. The van der Waals surface area contributed by atoms with Crippen LogP contribution in [0.4, 0.5) is 0 Å². The zero-order valence-electron chi connectivity index (χ0n) is 52.5. The van der Waals surface area contributed by atoms with Gasteiger partial charge in [0.1, 0.15) is 0 Å². The van der Waals surface area contributed by atoms with E-state index in [1.807, 2.05) is 0 Å². The molecular formula is C71H139NO5. The Labute approximate surface area is 482 Å². The van der Waals surface area contributed by atoms with Gasteiger partial charge in [-0.1, -0.05) is 353 Å². The molecule has 6 nitrogen and oxygen atoms in total. The van der Waals surface area contributed by atoms with Crippen LogP contribution < -0.4 is 5.32 Å². The molecule has 458 valence electrons. The third kappa shape index (κ3) is 63.6. The average Bonchev–Trinajstić information content (AvgIpc) is 3.43. The van der Waals surface area contributed by atoms with Gasteiger partial charge in [-0.3, -0.25) is 9.59 Å². The number of esters is 1. The molecule has 2 atom stereocenters. The lowest BCUT2D eigenvalue weighted by molar-refractivity contribution is -0.143. The van der Waals surface area contributed by atoms with Crippen LogP contribution in [0.15, 0.2) is 12.2 Å². The number of allylic oxidation sites excluding steroid dienone is 2. The van der Waals surface area contributed by atoms with Crippen LogP contribution in [0.25, 0.3) is 0 Å². The molecule has 0 spiro atoms. The van der Waals surface area contributed by atoms with E-state index in [1.54, 1.807) is 0 Å². The maximum Gasteiger partial charge on any atom is 0.305 e. The number of hydrogen-bond donors (Lipinski definition) is 3. The third-order valence-electron chi connectivity index (χ3n) is 16.8. The standard InChI is InChI=1S/C71H139NO5/c1-3-5-7-9-11-13-15-17-19-32-37-41-45-49-53-57-61-65-71(76)77-66-62-58-54-50-46-42-38-34-31-29-27-25-23-21-22-24-26-28-30-33-36-40-44-48-52-56-60-64-70(75)72-68(67-73)69(74)63-59-55-51-47-43-39-35-20-18-16-14-12-10-8-6-4-2/h17,19,68-69,73-74H,3-16,18,20-67H2,1-2H3,(H,72,75)/b19-17-. The van der Waals surface area contributed by atoms with E-state index >= 15 is 0 Å². The minimum atomic E-state index is -0.662. The summed E-state index contributed by atoms with van der Waals surface area (Å²) >= 11 is 0. The molecule has 0 saturated heterocycles. The number of carbonyl (C=O) groups is 2. The number of amides is 1. The van der Waals surface area contributed by atoms with Gasteiger partial charge in [-0.25, -0.2) is 0 Å². The first-order valence-electron chi connectivity index (χ1n) is 35.4.